The van der Waals surface area contributed by atoms with Gasteiger partial charge in [0.2, 0.25) is 5.95 Å². The summed E-state index contributed by atoms with van der Waals surface area (Å²) >= 11 is 0. The van der Waals surface area contributed by atoms with Gasteiger partial charge in [0.15, 0.2) is 5.54 Å². The van der Waals surface area contributed by atoms with Crippen molar-refractivity contribution in [2.45, 2.75) is 56.8 Å². The summed E-state index contributed by atoms with van der Waals surface area (Å²) in [5.41, 5.74) is 1.19. The van der Waals surface area contributed by atoms with Crippen LogP contribution in [0.15, 0.2) is 67.0 Å². The number of aromatic nitrogens is 5. The highest BCUT2D eigenvalue weighted by Gasteiger charge is 2.66. The molecule has 0 amide bonds. The molecule has 1 atom stereocenters. The highest BCUT2D eigenvalue weighted by Crippen LogP contribution is 2.55. The number of hydrogen-bond acceptors (Lipinski definition) is 8. The smallest absolute Gasteiger partial charge is 0.383 e. The van der Waals surface area contributed by atoms with Gasteiger partial charge in [-0.05, 0) is 43.5 Å². The summed E-state index contributed by atoms with van der Waals surface area (Å²) in [5.74, 6) is -0.718. The molecule has 0 aliphatic heterocycles. The van der Waals surface area contributed by atoms with Gasteiger partial charge in [-0.15, -0.1) is 5.10 Å². The van der Waals surface area contributed by atoms with E-state index in [0.717, 1.165) is 16.3 Å². The molecule has 0 bridgehead atoms. The number of nitrogens with one attached hydrogen (secondary N) is 2. The third-order valence-corrected chi connectivity index (χ3v) is 8.69. The maximum Gasteiger partial charge on any atom is 0.413 e. The molecule has 47 heavy (non-hydrogen) atoms. The van der Waals surface area contributed by atoms with Gasteiger partial charge in [-0.2, -0.15) is 28.1 Å². The summed E-state index contributed by atoms with van der Waals surface area (Å²) < 4.78 is 56.6. The van der Waals surface area contributed by atoms with E-state index in [-0.39, 0.29) is 40.8 Å². The first kappa shape index (κ1) is 31.4. The number of halogens is 4. The van der Waals surface area contributed by atoms with E-state index in [2.05, 4.69) is 56.9 Å². The third kappa shape index (κ3) is 5.81. The standard InChI is InChI=1S/C34H29F4N9/c1-20-25(9-10-28(35)43-20)31(27-18-47(46-45-27)33(11-12-33)34(36,37)38)44-24-13-21(15-39)29-26(14-24)30(22(16-40)17-41-29)42-19-32(2,3)23-7-5-4-6-8-23/h4-10,13-14,17-18,31,44H,11-12,19H2,1-3H3,(H,41,42)/t31-/m0/s1. The summed E-state index contributed by atoms with van der Waals surface area (Å²) in [5, 5.41) is 35.2. The number of anilines is 2. The third-order valence-electron chi connectivity index (χ3n) is 8.69. The summed E-state index contributed by atoms with van der Waals surface area (Å²) in [6.07, 6.45) is -2.10. The highest BCUT2D eigenvalue weighted by atomic mass is 19.4. The van der Waals surface area contributed by atoms with Crippen LogP contribution >= 0.6 is 0 Å². The van der Waals surface area contributed by atoms with Gasteiger partial charge in [0.05, 0.1) is 34.6 Å². The van der Waals surface area contributed by atoms with E-state index in [9.17, 15) is 28.1 Å². The van der Waals surface area contributed by atoms with E-state index in [1.165, 1.54) is 18.5 Å². The Hall–Kier alpha value is -5.56. The fourth-order valence-electron chi connectivity index (χ4n) is 5.75. The number of aryl methyl sites for hydroxylation is 1. The average Bonchev–Trinajstić information content (AvgIpc) is 3.73. The molecule has 0 unspecified atom stereocenters. The highest BCUT2D eigenvalue weighted by molar-refractivity contribution is 5.99. The lowest BCUT2D eigenvalue weighted by molar-refractivity contribution is -0.182. The Balaban J connectivity index is 1.44. The second kappa shape index (κ2) is 11.7. The first-order valence-electron chi connectivity index (χ1n) is 14.8. The van der Waals surface area contributed by atoms with Crippen molar-refractivity contribution in [1.82, 2.24) is 25.0 Å². The van der Waals surface area contributed by atoms with E-state index >= 15 is 0 Å². The molecule has 3 aromatic heterocycles. The van der Waals surface area contributed by atoms with Crippen molar-refractivity contribution in [3.8, 4) is 12.1 Å². The maximum absolute atomic E-state index is 14.0. The number of fused-ring (bicyclic) bond motifs is 1. The van der Waals surface area contributed by atoms with Gasteiger partial charge in [-0.25, -0.2) is 9.67 Å². The lowest BCUT2D eigenvalue weighted by atomic mass is 9.84. The minimum Gasteiger partial charge on any atom is -0.383 e. The SMILES string of the molecule is Cc1nc(F)ccc1[C@H](Nc1cc(C#N)c2ncc(C#N)c(NCC(C)(C)c3ccccc3)c2c1)c1cn(C2(C(F)(F)F)CC2)nn1. The molecule has 2 N–H and O–H groups in total. The van der Waals surface area contributed by atoms with Crippen LogP contribution < -0.4 is 10.6 Å². The predicted octanol–water partition coefficient (Wildman–Crippen LogP) is 7.05. The number of pyridine rings is 2. The Morgan fingerprint density at radius 2 is 1.74 bits per heavy atom. The second-order valence-electron chi connectivity index (χ2n) is 12.3. The van der Waals surface area contributed by atoms with Crippen LogP contribution in [-0.2, 0) is 11.0 Å². The predicted molar refractivity (Wildman–Crippen MR) is 167 cm³/mol. The van der Waals surface area contributed by atoms with Gasteiger partial charge in [0.1, 0.15) is 17.8 Å². The monoisotopic (exact) mass is 639 g/mol. The lowest BCUT2D eigenvalue weighted by Crippen LogP contribution is -2.35. The molecule has 0 spiro atoms. The van der Waals surface area contributed by atoms with Crippen LogP contribution in [0.25, 0.3) is 10.9 Å². The molecule has 1 fully saturated rings. The first-order valence-corrected chi connectivity index (χ1v) is 14.8. The van der Waals surface area contributed by atoms with Crippen molar-refractivity contribution in [3.05, 3.63) is 107 Å². The Morgan fingerprint density at radius 3 is 2.38 bits per heavy atom. The number of benzene rings is 2. The quantitative estimate of drug-likeness (QED) is 0.130. The lowest BCUT2D eigenvalue weighted by Gasteiger charge is -2.27. The molecule has 3 heterocycles. The zero-order valence-corrected chi connectivity index (χ0v) is 25.7. The Morgan fingerprint density at radius 1 is 1.02 bits per heavy atom. The second-order valence-corrected chi connectivity index (χ2v) is 12.3. The van der Waals surface area contributed by atoms with Crippen LogP contribution in [0.2, 0.25) is 0 Å². The fourth-order valence-corrected chi connectivity index (χ4v) is 5.75. The molecule has 6 rings (SSSR count). The molecule has 1 aliphatic rings. The van der Waals surface area contributed by atoms with E-state index < -0.39 is 23.7 Å². The molecule has 0 saturated heterocycles. The van der Waals surface area contributed by atoms with Gasteiger partial charge >= 0.3 is 6.18 Å². The topological polar surface area (TPSA) is 128 Å². The van der Waals surface area contributed by atoms with Crippen LogP contribution in [0.3, 0.4) is 0 Å². The molecule has 0 radical (unpaired) electrons. The first-order chi connectivity index (χ1) is 22.4. The van der Waals surface area contributed by atoms with Crippen LogP contribution in [0.1, 0.15) is 66.4 Å². The summed E-state index contributed by atoms with van der Waals surface area (Å²) in [6.45, 7) is 6.16. The Bertz CT molecular complexity index is 2050. The van der Waals surface area contributed by atoms with E-state index in [1.54, 1.807) is 19.1 Å². The van der Waals surface area contributed by atoms with E-state index in [1.807, 2.05) is 30.3 Å². The van der Waals surface area contributed by atoms with Crippen LogP contribution in [0.5, 0.6) is 0 Å². The maximum atomic E-state index is 14.0. The van der Waals surface area contributed by atoms with Gasteiger partial charge < -0.3 is 10.6 Å². The number of nitrogens with zero attached hydrogens (tertiary/aromatic N) is 7. The van der Waals surface area contributed by atoms with Gasteiger partial charge in [-0.1, -0.05) is 55.5 Å². The summed E-state index contributed by atoms with van der Waals surface area (Å²) in [6, 6.07) is 19.2. The zero-order valence-electron chi connectivity index (χ0n) is 25.7. The normalized spacial score (nSPS) is 14.7. The Kier molecular flexibility index (Phi) is 7.80. The molecule has 13 heteroatoms. The van der Waals surface area contributed by atoms with E-state index in [0.29, 0.717) is 34.4 Å². The molecular formula is C34H29F4N9. The molecule has 1 saturated carbocycles. The summed E-state index contributed by atoms with van der Waals surface area (Å²) in [7, 11) is 0. The molecule has 2 aromatic carbocycles. The van der Waals surface area contributed by atoms with Crippen molar-refractivity contribution >= 4 is 22.3 Å². The zero-order chi connectivity index (χ0) is 33.6. The van der Waals surface area contributed by atoms with E-state index in [4.69, 9.17) is 0 Å². The van der Waals surface area contributed by atoms with Gasteiger partial charge in [0, 0.05) is 40.5 Å². The molecular weight excluding hydrogens is 610 g/mol. The van der Waals surface area contributed by atoms with Crippen molar-refractivity contribution in [2.24, 2.45) is 0 Å². The van der Waals surface area contributed by atoms with Crippen molar-refractivity contribution < 1.29 is 17.6 Å². The number of rotatable bonds is 9. The fraction of sp³-hybridized carbons (Fsp3) is 0.294. The average molecular weight is 640 g/mol. The van der Waals surface area contributed by atoms with Crippen LogP contribution in [0.4, 0.5) is 28.9 Å². The van der Waals surface area contributed by atoms with Crippen LogP contribution in [0, 0.1) is 35.5 Å². The number of hydrogen-bond donors (Lipinski definition) is 2. The molecule has 5 aromatic rings. The number of alkyl halides is 3. The summed E-state index contributed by atoms with van der Waals surface area (Å²) in [4.78, 5) is 8.32. The van der Waals surface area contributed by atoms with Gasteiger partial charge in [-0.3, -0.25) is 4.98 Å². The minimum atomic E-state index is -4.52. The largest absolute Gasteiger partial charge is 0.413 e. The van der Waals surface area contributed by atoms with Crippen LogP contribution in [-0.4, -0.2) is 37.7 Å². The van der Waals surface area contributed by atoms with Crippen molar-refractivity contribution in [3.63, 3.8) is 0 Å². The van der Waals surface area contributed by atoms with Gasteiger partial charge in [0.25, 0.3) is 0 Å². The molecule has 9 nitrogen and oxygen atoms in total. The van der Waals surface area contributed by atoms with Crippen molar-refractivity contribution in [2.75, 3.05) is 17.2 Å². The molecule has 238 valence electrons. The molecule has 1 aliphatic carbocycles. The number of nitriles is 2. The minimum absolute atomic E-state index is 0.115. The Labute approximate surface area is 267 Å². The van der Waals surface area contributed by atoms with Crippen molar-refractivity contribution in [1.29, 1.82) is 10.5 Å².